The van der Waals surface area contributed by atoms with Crippen molar-refractivity contribution in [3.63, 3.8) is 0 Å². The van der Waals surface area contributed by atoms with Crippen LogP contribution in [0.1, 0.15) is 53.4 Å². The Morgan fingerprint density at radius 2 is 1.55 bits per heavy atom. The highest BCUT2D eigenvalue weighted by molar-refractivity contribution is 5.81. The zero-order chi connectivity index (χ0) is 16.8. The number of allylic oxidation sites excluding steroid dienone is 4. The quantitative estimate of drug-likeness (QED) is 0.346. The van der Waals surface area contributed by atoms with E-state index in [1.54, 1.807) is 6.92 Å². The fourth-order valence-corrected chi connectivity index (χ4v) is 1.73. The predicted octanol–water partition coefficient (Wildman–Crippen LogP) is 4.12. The van der Waals surface area contributed by atoms with Crippen LogP contribution >= 0.6 is 0 Å². The predicted molar refractivity (Wildman–Crippen MR) is 88.4 cm³/mol. The normalized spacial score (nSPS) is 12.5. The minimum atomic E-state index is -0.280. The first-order valence-electron chi connectivity index (χ1n) is 7.73. The fraction of sp³-hybridized carbons (Fsp3) is 0.556. The SMILES string of the molecule is CCOC(=O)/C=C/CC/C(C)=C/CC/C(C)=C/COC(C)=O. The van der Waals surface area contributed by atoms with E-state index in [0.29, 0.717) is 13.2 Å². The molecule has 0 radical (unpaired) electrons. The smallest absolute Gasteiger partial charge is 0.330 e. The van der Waals surface area contributed by atoms with Gasteiger partial charge in [0.15, 0.2) is 0 Å². The van der Waals surface area contributed by atoms with Crippen molar-refractivity contribution in [3.05, 3.63) is 35.5 Å². The molecule has 124 valence electrons. The molecule has 0 rings (SSSR count). The Kier molecular flexibility index (Phi) is 11.8. The van der Waals surface area contributed by atoms with Gasteiger partial charge in [-0.2, -0.15) is 0 Å². The number of hydrogen-bond acceptors (Lipinski definition) is 4. The molecule has 0 unspecified atom stereocenters. The van der Waals surface area contributed by atoms with Crippen LogP contribution in [0.4, 0.5) is 0 Å². The van der Waals surface area contributed by atoms with Gasteiger partial charge in [0.2, 0.25) is 0 Å². The number of ether oxygens (including phenoxy) is 2. The third-order valence-corrected chi connectivity index (χ3v) is 3.00. The summed E-state index contributed by atoms with van der Waals surface area (Å²) in [6.07, 6.45) is 11.2. The maximum atomic E-state index is 11.1. The number of rotatable bonds is 10. The van der Waals surface area contributed by atoms with Crippen molar-refractivity contribution in [3.8, 4) is 0 Å². The molecule has 0 saturated heterocycles. The molecular weight excluding hydrogens is 280 g/mol. The Labute approximate surface area is 133 Å². The molecule has 0 aromatic heterocycles. The topological polar surface area (TPSA) is 52.6 Å². The van der Waals surface area contributed by atoms with Crippen molar-refractivity contribution < 1.29 is 19.1 Å². The lowest BCUT2D eigenvalue weighted by Gasteiger charge is -2.02. The molecule has 0 amide bonds. The van der Waals surface area contributed by atoms with Crippen LogP contribution in [0.25, 0.3) is 0 Å². The summed E-state index contributed by atoms with van der Waals surface area (Å²) in [6, 6.07) is 0. The van der Waals surface area contributed by atoms with Gasteiger partial charge in [-0.3, -0.25) is 4.79 Å². The van der Waals surface area contributed by atoms with Gasteiger partial charge in [-0.15, -0.1) is 0 Å². The van der Waals surface area contributed by atoms with Crippen molar-refractivity contribution in [2.75, 3.05) is 13.2 Å². The molecule has 0 aromatic carbocycles. The van der Waals surface area contributed by atoms with Crippen molar-refractivity contribution >= 4 is 11.9 Å². The summed E-state index contributed by atoms with van der Waals surface area (Å²) in [5.74, 6) is -0.534. The average molecular weight is 308 g/mol. The van der Waals surface area contributed by atoms with Crippen molar-refractivity contribution in [2.24, 2.45) is 0 Å². The van der Waals surface area contributed by atoms with Crippen LogP contribution in [0.2, 0.25) is 0 Å². The summed E-state index contributed by atoms with van der Waals surface area (Å²) in [6.45, 7) is 8.09. The first kappa shape index (κ1) is 20.2. The van der Waals surface area contributed by atoms with Crippen LogP contribution in [0.5, 0.6) is 0 Å². The van der Waals surface area contributed by atoms with Gasteiger partial charge in [-0.25, -0.2) is 4.79 Å². The molecule has 0 aliphatic carbocycles. The largest absolute Gasteiger partial charge is 0.463 e. The van der Waals surface area contributed by atoms with Crippen molar-refractivity contribution in [1.82, 2.24) is 0 Å². The van der Waals surface area contributed by atoms with E-state index < -0.39 is 0 Å². The number of hydrogen-bond donors (Lipinski definition) is 0. The first-order valence-corrected chi connectivity index (χ1v) is 7.73. The second-order valence-corrected chi connectivity index (χ2v) is 5.14. The summed E-state index contributed by atoms with van der Waals surface area (Å²) >= 11 is 0. The third-order valence-electron chi connectivity index (χ3n) is 3.00. The van der Waals surface area contributed by atoms with Crippen LogP contribution in [0.3, 0.4) is 0 Å². The Hall–Kier alpha value is -1.84. The lowest BCUT2D eigenvalue weighted by Crippen LogP contribution is -1.98. The summed E-state index contributed by atoms with van der Waals surface area (Å²) in [5.41, 5.74) is 2.52. The highest BCUT2D eigenvalue weighted by Crippen LogP contribution is 2.10. The molecule has 4 heteroatoms. The van der Waals surface area contributed by atoms with Gasteiger partial charge in [-0.05, 0) is 52.5 Å². The highest BCUT2D eigenvalue weighted by atomic mass is 16.5. The molecule has 4 nitrogen and oxygen atoms in total. The van der Waals surface area contributed by atoms with Gasteiger partial charge >= 0.3 is 11.9 Å². The molecule has 0 atom stereocenters. The van der Waals surface area contributed by atoms with Crippen molar-refractivity contribution in [2.45, 2.75) is 53.4 Å². The lowest BCUT2D eigenvalue weighted by molar-refractivity contribution is -0.140. The van der Waals surface area contributed by atoms with Gasteiger partial charge in [0, 0.05) is 13.0 Å². The van der Waals surface area contributed by atoms with E-state index >= 15 is 0 Å². The molecule has 0 N–H and O–H groups in total. The van der Waals surface area contributed by atoms with E-state index in [1.807, 2.05) is 19.1 Å². The molecule has 0 saturated carbocycles. The molecule has 22 heavy (non-hydrogen) atoms. The molecule has 0 heterocycles. The van der Waals surface area contributed by atoms with Gasteiger partial charge in [-0.1, -0.05) is 23.3 Å². The van der Waals surface area contributed by atoms with Gasteiger partial charge in [0.25, 0.3) is 0 Å². The number of esters is 2. The second kappa shape index (κ2) is 12.9. The Balaban J connectivity index is 3.89. The van der Waals surface area contributed by atoms with Crippen LogP contribution < -0.4 is 0 Å². The van der Waals surface area contributed by atoms with Gasteiger partial charge in [0.1, 0.15) is 6.61 Å². The monoisotopic (exact) mass is 308 g/mol. The molecule has 0 bridgehead atoms. The van der Waals surface area contributed by atoms with E-state index in [0.717, 1.165) is 25.7 Å². The van der Waals surface area contributed by atoms with E-state index in [9.17, 15) is 9.59 Å². The highest BCUT2D eigenvalue weighted by Gasteiger charge is 1.95. The zero-order valence-electron chi connectivity index (χ0n) is 14.2. The molecule has 0 fully saturated rings. The molecule has 0 spiro atoms. The summed E-state index contributed by atoms with van der Waals surface area (Å²) < 4.78 is 9.68. The lowest BCUT2D eigenvalue weighted by atomic mass is 10.1. The van der Waals surface area contributed by atoms with Crippen LogP contribution in [0.15, 0.2) is 35.5 Å². The first-order chi connectivity index (χ1) is 10.5. The van der Waals surface area contributed by atoms with E-state index in [1.165, 1.54) is 24.1 Å². The fourth-order valence-electron chi connectivity index (χ4n) is 1.73. The third kappa shape index (κ3) is 13.2. The summed E-state index contributed by atoms with van der Waals surface area (Å²) in [5, 5.41) is 0. The Bertz CT molecular complexity index is 430. The minimum Gasteiger partial charge on any atom is -0.463 e. The maximum Gasteiger partial charge on any atom is 0.330 e. The summed E-state index contributed by atoms with van der Waals surface area (Å²) in [7, 11) is 0. The van der Waals surface area contributed by atoms with E-state index in [-0.39, 0.29) is 11.9 Å². The van der Waals surface area contributed by atoms with Gasteiger partial charge in [0.05, 0.1) is 6.61 Å². The standard InChI is InChI=1S/C18H28O4/c1-5-21-18(20)12-7-6-9-15(2)10-8-11-16(3)13-14-22-17(4)19/h7,10,12-13H,5-6,8-9,11,14H2,1-4H3/b12-7+,15-10+,16-13+. The summed E-state index contributed by atoms with van der Waals surface area (Å²) in [4.78, 5) is 21.7. The van der Waals surface area contributed by atoms with E-state index in [2.05, 4.69) is 13.0 Å². The second-order valence-electron chi connectivity index (χ2n) is 5.14. The molecule has 0 aromatic rings. The van der Waals surface area contributed by atoms with Crippen LogP contribution in [-0.2, 0) is 19.1 Å². The average Bonchev–Trinajstić information content (AvgIpc) is 2.43. The number of carbonyl (C=O) groups is 2. The minimum absolute atomic E-state index is 0.254. The van der Waals surface area contributed by atoms with Crippen LogP contribution in [-0.4, -0.2) is 25.2 Å². The van der Waals surface area contributed by atoms with Gasteiger partial charge < -0.3 is 9.47 Å². The molecule has 0 aliphatic rings. The van der Waals surface area contributed by atoms with Crippen molar-refractivity contribution in [1.29, 1.82) is 0 Å². The van der Waals surface area contributed by atoms with Crippen LogP contribution in [0, 0.1) is 0 Å². The maximum absolute atomic E-state index is 11.1. The van der Waals surface area contributed by atoms with E-state index in [4.69, 9.17) is 9.47 Å². The Morgan fingerprint density at radius 3 is 2.18 bits per heavy atom. The Morgan fingerprint density at radius 1 is 0.909 bits per heavy atom. The molecular formula is C18H28O4. The number of carbonyl (C=O) groups excluding carboxylic acids is 2. The zero-order valence-corrected chi connectivity index (χ0v) is 14.2. The molecule has 0 aliphatic heterocycles.